The highest BCUT2D eigenvalue weighted by atomic mass is 79.9. The van der Waals surface area contributed by atoms with Crippen molar-refractivity contribution in [2.75, 3.05) is 13.7 Å². The summed E-state index contributed by atoms with van der Waals surface area (Å²) >= 11 is 3.63. The second kappa shape index (κ2) is 4.76. The number of hydrogen-bond acceptors (Lipinski definition) is 2. The molecule has 0 N–H and O–H groups in total. The smallest absolute Gasteiger partial charge is 0.123 e. The van der Waals surface area contributed by atoms with Crippen molar-refractivity contribution >= 4 is 15.9 Å². The average molecular weight is 284 g/mol. The van der Waals surface area contributed by atoms with Crippen LogP contribution in [0.5, 0.6) is 5.75 Å². The molecule has 1 heterocycles. The number of benzene rings is 1. The molecule has 0 aliphatic carbocycles. The Morgan fingerprint density at radius 1 is 1.31 bits per heavy atom. The van der Waals surface area contributed by atoms with Gasteiger partial charge in [-0.3, -0.25) is 4.90 Å². The van der Waals surface area contributed by atoms with Crippen LogP contribution in [-0.4, -0.2) is 24.6 Å². The molecule has 0 spiro atoms. The molecule has 1 aliphatic heterocycles. The third kappa shape index (κ3) is 2.11. The monoisotopic (exact) mass is 283 g/mol. The van der Waals surface area contributed by atoms with Crippen LogP contribution in [0.4, 0.5) is 0 Å². The van der Waals surface area contributed by atoms with Crippen molar-refractivity contribution in [1.29, 1.82) is 0 Å². The van der Waals surface area contributed by atoms with Crippen LogP contribution in [0.3, 0.4) is 0 Å². The molecule has 0 bridgehead atoms. The SMILES string of the molecule is COc1ccc(Br)c2c1CN(C(C)C)CC2. The van der Waals surface area contributed by atoms with Gasteiger partial charge in [-0.15, -0.1) is 0 Å². The number of hydrogen-bond donors (Lipinski definition) is 0. The average Bonchev–Trinajstić information content (AvgIpc) is 2.29. The highest BCUT2D eigenvalue weighted by molar-refractivity contribution is 9.10. The van der Waals surface area contributed by atoms with Gasteiger partial charge in [-0.2, -0.15) is 0 Å². The van der Waals surface area contributed by atoms with Crippen LogP contribution in [0, 0.1) is 0 Å². The predicted molar refractivity (Wildman–Crippen MR) is 69.9 cm³/mol. The highest BCUT2D eigenvalue weighted by Gasteiger charge is 2.22. The maximum Gasteiger partial charge on any atom is 0.123 e. The zero-order valence-corrected chi connectivity index (χ0v) is 11.7. The molecule has 16 heavy (non-hydrogen) atoms. The number of methoxy groups -OCH3 is 1. The molecule has 0 saturated heterocycles. The molecular formula is C13H18BrNO. The number of ether oxygens (including phenoxy) is 1. The number of halogens is 1. The van der Waals surface area contributed by atoms with Crippen LogP contribution < -0.4 is 4.74 Å². The zero-order chi connectivity index (χ0) is 11.7. The van der Waals surface area contributed by atoms with E-state index >= 15 is 0 Å². The van der Waals surface area contributed by atoms with Crippen LogP contribution in [0.2, 0.25) is 0 Å². The van der Waals surface area contributed by atoms with Crippen LogP contribution >= 0.6 is 15.9 Å². The lowest BCUT2D eigenvalue weighted by atomic mass is 9.98. The molecule has 2 rings (SSSR count). The molecule has 0 amide bonds. The summed E-state index contributed by atoms with van der Waals surface area (Å²) in [7, 11) is 1.75. The summed E-state index contributed by atoms with van der Waals surface area (Å²) in [5.41, 5.74) is 2.76. The summed E-state index contributed by atoms with van der Waals surface area (Å²) in [5.74, 6) is 1.02. The first-order valence-corrected chi connectivity index (χ1v) is 6.51. The van der Waals surface area contributed by atoms with Gasteiger partial charge in [0.25, 0.3) is 0 Å². The molecule has 0 unspecified atom stereocenters. The van der Waals surface area contributed by atoms with Crippen molar-refractivity contribution in [3.63, 3.8) is 0 Å². The van der Waals surface area contributed by atoms with Gasteiger partial charge in [0, 0.05) is 29.2 Å². The van der Waals surface area contributed by atoms with E-state index in [4.69, 9.17) is 4.74 Å². The third-order valence-corrected chi connectivity index (χ3v) is 4.03. The van der Waals surface area contributed by atoms with E-state index in [1.807, 2.05) is 6.07 Å². The van der Waals surface area contributed by atoms with E-state index < -0.39 is 0 Å². The van der Waals surface area contributed by atoms with Gasteiger partial charge in [-0.05, 0) is 38.0 Å². The second-order valence-electron chi connectivity index (χ2n) is 4.52. The van der Waals surface area contributed by atoms with Gasteiger partial charge >= 0.3 is 0 Å². The number of fused-ring (bicyclic) bond motifs is 1. The minimum absolute atomic E-state index is 0.594. The van der Waals surface area contributed by atoms with Gasteiger partial charge in [-0.25, -0.2) is 0 Å². The van der Waals surface area contributed by atoms with Crippen LogP contribution in [0.1, 0.15) is 25.0 Å². The van der Waals surface area contributed by atoms with Crippen molar-refractivity contribution in [2.24, 2.45) is 0 Å². The van der Waals surface area contributed by atoms with Crippen molar-refractivity contribution < 1.29 is 4.74 Å². The maximum atomic E-state index is 5.45. The summed E-state index contributed by atoms with van der Waals surface area (Å²) in [6.07, 6.45) is 1.10. The molecule has 1 aromatic rings. The fourth-order valence-electron chi connectivity index (χ4n) is 2.26. The Morgan fingerprint density at radius 3 is 2.69 bits per heavy atom. The Bertz CT molecular complexity index is 390. The van der Waals surface area contributed by atoms with Crippen molar-refractivity contribution in [3.8, 4) is 5.75 Å². The van der Waals surface area contributed by atoms with E-state index in [1.165, 1.54) is 15.6 Å². The van der Waals surface area contributed by atoms with Gasteiger partial charge in [-0.1, -0.05) is 15.9 Å². The van der Waals surface area contributed by atoms with Gasteiger partial charge < -0.3 is 4.74 Å². The standard InChI is InChI=1S/C13H18BrNO/c1-9(2)15-7-6-10-11(8-15)13(16-3)5-4-12(10)14/h4-5,9H,6-8H2,1-3H3. The Labute approximate surface area is 106 Å². The van der Waals surface area contributed by atoms with Crippen molar-refractivity contribution in [3.05, 3.63) is 27.7 Å². The summed E-state index contributed by atoms with van der Waals surface area (Å²) in [6, 6.07) is 4.73. The van der Waals surface area contributed by atoms with E-state index in [2.05, 4.69) is 40.7 Å². The van der Waals surface area contributed by atoms with E-state index in [0.29, 0.717) is 6.04 Å². The molecule has 1 aliphatic rings. The minimum atomic E-state index is 0.594. The molecule has 0 aromatic heterocycles. The quantitative estimate of drug-likeness (QED) is 0.826. The summed E-state index contributed by atoms with van der Waals surface area (Å²) in [5, 5.41) is 0. The van der Waals surface area contributed by atoms with Crippen molar-refractivity contribution in [2.45, 2.75) is 32.9 Å². The third-order valence-electron chi connectivity index (χ3n) is 3.29. The summed E-state index contributed by atoms with van der Waals surface area (Å²) in [4.78, 5) is 2.48. The number of nitrogens with zero attached hydrogens (tertiary/aromatic N) is 1. The fourth-order valence-corrected chi connectivity index (χ4v) is 2.83. The van der Waals surface area contributed by atoms with Gasteiger partial charge in [0.2, 0.25) is 0 Å². The van der Waals surface area contributed by atoms with Crippen LogP contribution in [-0.2, 0) is 13.0 Å². The molecule has 88 valence electrons. The fraction of sp³-hybridized carbons (Fsp3) is 0.538. The van der Waals surface area contributed by atoms with Crippen molar-refractivity contribution in [1.82, 2.24) is 4.90 Å². The topological polar surface area (TPSA) is 12.5 Å². The Kier molecular flexibility index (Phi) is 3.55. The van der Waals surface area contributed by atoms with E-state index in [1.54, 1.807) is 7.11 Å². The lowest BCUT2D eigenvalue weighted by Crippen LogP contribution is -2.36. The first-order chi connectivity index (χ1) is 7.63. The Balaban J connectivity index is 2.38. The van der Waals surface area contributed by atoms with E-state index in [9.17, 15) is 0 Å². The van der Waals surface area contributed by atoms with Gasteiger partial charge in [0.1, 0.15) is 5.75 Å². The zero-order valence-electron chi connectivity index (χ0n) is 10.1. The first-order valence-electron chi connectivity index (χ1n) is 5.71. The molecule has 1 aromatic carbocycles. The highest BCUT2D eigenvalue weighted by Crippen LogP contribution is 2.33. The molecule has 3 heteroatoms. The maximum absolute atomic E-state index is 5.45. The Hall–Kier alpha value is -0.540. The molecule has 0 atom stereocenters. The largest absolute Gasteiger partial charge is 0.496 e. The number of rotatable bonds is 2. The molecule has 0 saturated carbocycles. The second-order valence-corrected chi connectivity index (χ2v) is 5.38. The molecule has 0 fully saturated rings. The molecule has 2 nitrogen and oxygen atoms in total. The normalized spacial score (nSPS) is 16.3. The predicted octanol–water partition coefficient (Wildman–Crippen LogP) is 3.22. The van der Waals surface area contributed by atoms with E-state index in [-0.39, 0.29) is 0 Å². The Morgan fingerprint density at radius 2 is 2.06 bits per heavy atom. The van der Waals surface area contributed by atoms with Crippen LogP contribution in [0.15, 0.2) is 16.6 Å². The molecular weight excluding hydrogens is 266 g/mol. The van der Waals surface area contributed by atoms with E-state index in [0.717, 1.165) is 25.3 Å². The summed E-state index contributed by atoms with van der Waals surface area (Å²) in [6.45, 7) is 6.62. The lowest BCUT2D eigenvalue weighted by Gasteiger charge is -2.33. The summed E-state index contributed by atoms with van der Waals surface area (Å²) < 4.78 is 6.66. The lowest BCUT2D eigenvalue weighted by molar-refractivity contribution is 0.199. The molecule has 0 radical (unpaired) electrons. The first kappa shape index (κ1) is 11.9. The van der Waals surface area contributed by atoms with Gasteiger partial charge in [0.05, 0.1) is 7.11 Å². The van der Waals surface area contributed by atoms with Crippen LogP contribution in [0.25, 0.3) is 0 Å². The van der Waals surface area contributed by atoms with Gasteiger partial charge in [0.15, 0.2) is 0 Å². The minimum Gasteiger partial charge on any atom is -0.496 e.